The predicted octanol–water partition coefficient (Wildman–Crippen LogP) is 1.71. The summed E-state index contributed by atoms with van der Waals surface area (Å²) in [4.78, 5) is 0. The van der Waals surface area contributed by atoms with Crippen molar-refractivity contribution in [2.45, 2.75) is 0 Å². The normalized spacial score (nSPS) is 21.3. The smallest absolute Gasteiger partial charge is 0.112 e. The van der Waals surface area contributed by atoms with Crippen LogP contribution in [0.3, 0.4) is 0 Å². The van der Waals surface area contributed by atoms with E-state index in [2.05, 4.69) is 15.4 Å². The van der Waals surface area contributed by atoms with E-state index < -0.39 is 0 Å². The Morgan fingerprint density at radius 1 is 1.33 bits per heavy atom. The van der Waals surface area contributed by atoms with Gasteiger partial charge in [-0.25, -0.2) is 0 Å². The molecule has 0 N–H and O–H groups in total. The summed E-state index contributed by atoms with van der Waals surface area (Å²) < 4.78 is 0. The Kier molecular flexibility index (Phi) is 0.828. The van der Waals surface area contributed by atoms with Gasteiger partial charge in [0, 0.05) is 7.85 Å². The van der Waals surface area contributed by atoms with Crippen molar-refractivity contribution in [3.05, 3.63) is 30.3 Å². The van der Waals surface area contributed by atoms with Gasteiger partial charge < -0.3 is 0 Å². The molecule has 0 saturated heterocycles. The summed E-state index contributed by atoms with van der Waals surface area (Å²) in [7, 11) is 0. The summed E-state index contributed by atoms with van der Waals surface area (Å²) in [5.41, 5.74) is 1.72. The van der Waals surface area contributed by atoms with Crippen LogP contribution in [0.2, 0.25) is 0 Å². The van der Waals surface area contributed by atoms with Crippen molar-refractivity contribution in [3.63, 3.8) is 0 Å². The van der Waals surface area contributed by atoms with E-state index >= 15 is 0 Å². The average molecular weight is 120 g/mol. The van der Waals surface area contributed by atoms with Crippen molar-refractivity contribution in [3.8, 4) is 0 Å². The topological polar surface area (TPSA) is 37.1 Å². The highest BCUT2D eigenvalue weighted by Crippen LogP contribution is 2.15. The van der Waals surface area contributed by atoms with Crippen molar-refractivity contribution in [2.75, 3.05) is 0 Å². The predicted molar refractivity (Wildman–Crippen MR) is 35.9 cm³/mol. The van der Waals surface area contributed by atoms with Crippen molar-refractivity contribution in [1.29, 1.82) is 0 Å². The van der Waals surface area contributed by atoms with E-state index in [1.807, 2.05) is 24.6 Å². The molecule has 3 heteroatoms. The van der Waals surface area contributed by atoms with E-state index in [0.717, 1.165) is 11.4 Å². The number of allylic oxidation sites excluding steroid dienone is 4. The molecule has 1 heterocycles. The fraction of sp³-hybridized carbons (Fsp3) is 0. The summed E-state index contributed by atoms with van der Waals surface area (Å²) in [6.45, 7) is 0. The molecule has 0 amide bonds. The van der Waals surface area contributed by atoms with Gasteiger partial charge in [-0.05, 0) is 11.3 Å². The van der Waals surface area contributed by atoms with Crippen LogP contribution in [-0.4, -0.2) is 5.71 Å². The van der Waals surface area contributed by atoms with Crippen LogP contribution in [0.4, 0.5) is 0 Å². The van der Waals surface area contributed by atoms with Crippen LogP contribution in [0.15, 0.2) is 39.4 Å². The Morgan fingerprint density at radius 3 is 3.22 bits per heavy atom. The first kappa shape index (κ1) is 4.61. The molecule has 1 aliphatic carbocycles. The van der Waals surface area contributed by atoms with Gasteiger partial charge in [0.15, 0.2) is 0 Å². The second kappa shape index (κ2) is 1.62. The molecule has 9 heavy (non-hydrogen) atoms. The average Bonchev–Trinajstić information content (AvgIpc) is 2.33. The van der Waals surface area contributed by atoms with Crippen LogP contribution < -0.4 is 0 Å². The Morgan fingerprint density at radius 2 is 2.33 bits per heavy atom. The first-order chi connectivity index (χ1) is 4.47. The highest BCUT2D eigenvalue weighted by atomic mass is 15.4. The second-order valence-corrected chi connectivity index (χ2v) is 1.78. The maximum Gasteiger partial charge on any atom is 0.112 e. The Hall–Kier alpha value is -1.25. The third kappa shape index (κ3) is 0.614. The summed E-state index contributed by atoms with van der Waals surface area (Å²) >= 11 is 0. The molecule has 2 rings (SSSR count). The molecule has 0 aromatic rings. The van der Waals surface area contributed by atoms with Gasteiger partial charge in [-0.3, -0.25) is 0 Å². The van der Waals surface area contributed by atoms with Crippen LogP contribution in [0.5, 0.6) is 0 Å². The zero-order valence-corrected chi connectivity index (χ0v) is 4.65. The number of hydrogen-bond donors (Lipinski definition) is 0. The van der Waals surface area contributed by atoms with Gasteiger partial charge in [-0.2, -0.15) is 0 Å². The van der Waals surface area contributed by atoms with E-state index in [1.165, 1.54) is 0 Å². The molecule has 2 aliphatic rings. The van der Waals surface area contributed by atoms with Gasteiger partial charge in [-0.1, -0.05) is 12.2 Å². The molecule has 0 spiro atoms. The van der Waals surface area contributed by atoms with Gasteiger partial charge >= 0.3 is 0 Å². The third-order valence-electron chi connectivity index (χ3n) is 1.19. The van der Waals surface area contributed by atoms with Crippen molar-refractivity contribution < 1.29 is 1.43 Å². The molecule has 0 atom stereocenters. The summed E-state index contributed by atoms with van der Waals surface area (Å²) in [6, 6.07) is 0. The first-order valence-corrected chi connectivity index (χ1v) is 2.67. The molecule has 0 aromatic heterocycles. The van der Waals surface area contributed by atoms with Gasteiger partial charge in [0.05, 0.1) is 0 Å². The number of nitrogens with zero attached hydrogens (tertiary/aromatic N) is 3. The van der Waals surface area contributed by atoms with E-state index in [4.69, 9.17) is 0 Å². The fourth-order valence-electron chi connectivity index (χ4n) is 0.752. The molecule has 0 fully saturated rings. The minimum absolute atomic E-state index is 0. The minimum Gasteiger partial charge on any atom is -0.132 e. The quantitative estimate of drug-likeness (QED) is 0.466. The van der Waals surface area contributed by atoms with Crippen LogP contribution in [0, 0.1) is 6.42 Å². The third-order valence-corrected chi connectivity index (χ3v) is 1.19. The van der Waals surface area contributed by atoms with Gasteiger partial charge in [0.2, 0.25) is 0 Å². The zero-order valence-electron chi connectivity index (χ0n) is 4.65. The summed E-state index contributed by atoms with van der Waals surface area (Å²) in [5, 5.41) is 11.0. The molecular formula is C6H6N3. The van der Waals surface area contributed by atoms with Crippen molar-refractivity contribution >= 4 is 5.71 Å². The first-order valence-electron chi connectivity index (χ1n) is 2.67. The lowest BCUT2D eigenvalue weighted by Crippen LogP contribution is -1.98. The molecule has 1 radical (unpaired) electrons. The van der Waals surface area contributed by atoms with Crippen molar-refractivity contribution in [2.24, 2.45) is 15.4 Å². The fourth-order valence-corrected chi connectivity index (χ4v) is 0.752. The maximum atomic E-state index is 3.76. The molecule has 0 saturated carbocycles. The summed E-state index contributed by atoms with van der Waals surface area (Å²) in [6.07, 6.45) is 7.60. The van der Waals surface area contributed by atoms with Gasteiger partial charge in [0.1, 0.15) is 11.4 Å². The highest BCUT2D eigenvalue weighted by molar-refractivity contribution is 6.09. The zero-order chi connectivity index (χ0) is 6.10. The second-order valence-electron chi connectivity index (χ2n) is 1.78. The molecule has 0 bridgehead atoms. The lowest BCUT2D eigenvalue weighted by atomic mass is 10.1. The van der Waals surface area contributed by atoms with E-state index in [0.29, 0.717) is 0 Å². The largest absolute Gasteiger partial charge is 0.132 e. The van der Waals surface area contributed by atoms with Gasteiger partial charge in [-0.15, -0.1) is 10.2 Å². The Bertz CT molecular complexity index is 250. The Balaban J connectivity index is 0.000000500. The lowest BCUT2D eigenvalue weighted by molar-refractivity contribution is 1.10. The van der Waals surface area contributed by atoms with Crippen molar-refractivity contribution in [1.82, 2.24) is 0 Å². The molecule has 0 unspecified atom stereocenters. The standard InChI is InChI=1S/C6H4N3.H2/c1-2-4-6-5(3-1)7-9-8-6;/h1-4H;1H. The van der Waals surface area contributed by atoms with E-state index in [9.17, 15) is 0 Å². The van der Waals surface area contributed by atoms with Crippen LogP contribution >= 0.6 is 0 Å². The Labute approximate surface area is 54.0 Å². The number of fused-ring (bicyclic) bond motifs is 1. The number of hydrogen-bond acceptors (Lipinski definition) is 3. The molecule has 45 valence electrons. The lowest BCUT2D eigenvalue weighted by Gasteiger charge is -1.96. The highest BCUT2D eigenvalue weighted by Gasteiger charge is 2.11. The SMILES string of the molecule is [CH]1C=CC=C2N=NN=C12.[HH]. The van der Waals surface area contributed by atoms with E-state index in [1.54, 1.807) is 0 Å². The number of rotatable bonds is 0. The van der Waals surface area contributed by atoms with Crippen LogP contribution in [-0.2, 0) is 0 Å². The van der Waals surface area contributed by atoms with Crippen LogP contribution in [0.25, 0.3) is 0 Å². The molecular weight excluding hydrogens is 114 g/mol. The van der Waals surface area contributed by atoms with Gasteiger partial charge in [0.25, 0.3) is 0 Å². The summed E-state index contributed by atoms with van der Waals surface area (Å²) in [5.74, 6) is 0. The molecule has 1 aliphatic heterocycles. The minimum atomic E-state index is 0. The van der Waals surface area contributed by atoms with Crippen LogP contribution in [0.1, 0.15) is 1.43 Å². The monoisotopic (exact) mass is 120 g/mol. The molecule has 3 nitrogen and oxygen atoms in total. The van der Waals surface area contributed by atoms with E-state index in [-0.39, 0.29) is 1.43 Å². The maximum absolute atomic E-state index is 3.76. The molecule has 0 aromatic carbocycles.